The van der Waals surface area contributed by atoms with Crippen LogP contribution in [0, 0.1) is 5.92 Å². The average Bonchev–Trinajstić information content (AvgIpc) is 2.87. The zero-order valence-corrected chi connectivity index (χ0v) is 10.9. The van der Waals surface area contributed by atoms with Crippen molar-refractivity contribution in [1.82, 2.24) is 4.98 Å². The van der Waals surface area contributed by atoms with Crippen molar-refractivity contribution in [2.45, 2.75) is 19.3 Å². The Labute approximate surface area is 110 Å². The van der Waals surface area contributed by atoms with Gasteiger partial charge in [-0.25, -0.2) is 0 Å². The second-order valence-corrected chi connectivity index (χ2v) is 5.66. The summed E-state index contributed by atoms with van der Waals surface area (Å²) in [5.74, 6) is 0.690. The van der Waals surface area contributed by atoms with Crippen LogP contribution in [-0.2, 0) is 4.74 Å². The number of carbonyl (C=O) groups excluding carboxylic acids is 1. The van der Waals surface area contributed by atoms with Gasteiger partial charge in [-0.3, -0.25) is 9.78 Å². The van der Waals surface area contributed by atoms with Crippen molar-refractivity contribution in [2.75, 3.05) is 13.2 Å². The molecule has 0 unspecified atom stereocenters. The second kappa shape index (κ2) is 5.16. The van der Waals surface area contributed by atoms with Gasteiger partial charge in [0.05, 0.1) is 10.2 Å². The SMILES string of the molecule is O=C(CC1CCOCC1)c1cnc2ccsc2c1. The molecule has 0 atom stereocenters. The molecule has 0 aliphatic carbocycles. The van der Waals surface area contributed by atoms with Crippen molar-refractivity contribution < 1.29 is 9.53 Å². The maximum absolute atomic E-state index is 12.2. The van der Waals surface area contributed by atoms with Crippen molar-refractivity contribution in [2.24, 2.45) is 5.92 Å². The van der Waals surface area contributed by atoms with Crippen LogP contribution in [0.3, 0.4) is 0 Å². The fraction of sp³-hybridized carbons (Fsp3) is 0.429. The Morgan fingerprint density at radius 1 is 1.44 bits per heavy atom. The molecule has 2 aromatic rings. The van der Waals surface area contributed by atoms with E-state index < -0.39 is 0 Å². The number of Topliss-reactive ketones (excluding diaryl/α,β-unsaturated/α-hetero) is 1. The van der Waals surface area contributed by atoms with Gasteiger partial charge in [0, 0.05) is 31.4 Å². The van der Waals surface area contributed by atoms with Crippen LogP contribution >= 0.6 is 11.3 Å². The molecule has 94 valence electrons. The predicted octanol–water partition coefficient (Wildman–Crippen LogP) is 3.30. The number of hydrogen-bond donors (Lipinski definition) is 0. The summed E-state index contributed by atoms with van der Waals surface area (Å²) < 4.78 is 6.40. The Morgan fingerprint density at radius 2 is 2.28 bits per heavy atom. The lowest BCUT2D eigenvalue weighted by atomic mass is 9.92. The minimum absolute atomic E-state index is 0.213. The zero-order valence-electron chi connectivity index (χ0n) is 10.1. The van der Waals surface area contributed by atoms with E-state index >= 15 is 0 Å². The Bertz CT molecular complexity index is 558. The van der Waals surface area contributed by atoms with Crippen molar-refractivity contribution in [3.63, 3.8) is 0 Å². The summed E-state index contributed by atoms with van der Waals surface area (Å²) in [7, 11) is 0. The summed E-state index contributed by atoms with van der Waals surface area (Å²) in [4.78, 5) is 16.5. The molecule has 3 heterocycles. The molecule has 1 aliphatic heterocycles. The number of pyridine rings is 1. The zero-order chi connectivity index (χ0) is 12.4. The van der Waals surface area contributed by atoms with Crippen LogP contribution < -0.4 is 0 Å². The van der Waals surface area contributed by atoms with E-state index in [0.29, 0.717) is 12.3 Å². The molecule has 2 aromatic heterocycles. The van der Waals surface area contributed by atoms with Gasteiger partial charge in [-0.05, 0) is 36.3 Å². The molecule has 18 heavy (non-hydrogen) atoms. The minimum Gasteiger partial charge on any atom is -0.381 e. The lowest BCUT2D eigenvalue weighted by Crippen LogP contribution is -2.18. The van der Waals surface area contributed by atoms with E-state index in [2.05, 4.69) is 4.98 Å². The van der Waals surface area contributed by atoms with Crippen LogP contribution in [0.1, 0.15) is 29.6 Å². The highest BCUT2D eigenvalue weighted by atomic mass is 32.1. The monoisotopic (exact) mass is 261 g/mol. The third-order valence-corrected chi connectivity index (χ3v) is 4.29. The Balaban J connectivity index is 1.74. The van der Waals surface area contributed by atoms with E-state index in [1.54, 1.807) is 17.5 Å². The smallest absolute Gasteiger partial charge is 0.164 e. The molecule has 3 rings (SSSR count). The van der Waals surface area contributed by atoms with Crippen LogP contribution in [0.25, 0.3) is 10.2 Å². The van der Waals surface area contributed by atoms with Gasteiger partial charge < -0.3 is 4.74 Å². The first-order valence-corrected chi connectivity index (χ1v) is 7.15. The van der Waals surface area contributed by atoms with Crippen LogP contribution in [-0.4, -0.2) is 24.0 Å². The highest BCUT2D eigenvalue weighted by Crippen LogP contribution is 2.23. The van der Waals surface area contributed by atoms with E-state index in [4.69, 9.17) is 4.74 Å². The third kappa shape index (κ3) is 2.44. The number of ketones is 1. The largest absolute Gasteiger partial charge is 0.381 e. The molecule has 0 radical (unpaired) electrons. The Kier molecular flexibility index (Phi) is 3.39. The van der Waals surface area contributed by atoms with Gasteiger partial charge >= 0.3 is 0 Å². The molecule has 0 saturated carbocycles. The number of nitrogens with zero attached hydrogens (tertiary/aromatic N) is 1. The fourth-order valence-electron chi connectivity index (χ4n) is 2.33. The minimum atomic E-state index is 0.213. The number of aromatic nitrogens is 1. The molecule has 0 amide bonds. The number of thiophene rings is 1. The van der Waals surface area contributed by atoms with Gasteiger partial charge in [0.1, 0.15) is 0 Å². The highest BCUT2D eigenvalue weighted by Gasteiger charge is 2.18. The van der Waals surface area contributed by atoms with Gasteiger partial charge in [-0.1, -0.05) is 0 Å². The summed E-state index contributed by atoms with van der Waals surface area (Å²) in [6.07, 6.45) is 4.33. The molecule has 1 saturated heterocycles. The van der Waals surface area contributed by atoms with E-state index in [1.165, 1.54) is 0 Å². The maximum Gasteiger partial charge on any atom is 0.164 e. The lowest BCUT2D eigenvalue weighted by Gasteiger charge is -2.21. The van der Waals surface area contributed by atoms with Crippen LogP contribution in [0.4, 0.5) is 0 Å². The normalized spacial score (nSPS) is 17.1. The summed E-state index contributed by atoms with van der Waals surface area (Å²) in [5.41, 5.74) is 1.72. The first kappa shape index (κ1) is 11.8. The highest BCUT2D eigenvalue weighted by molar-refractivity contribution is 7.17. The van der Waals surface area contributed by atoms with Gasteiger partial charge in [-0.2, -0.15) is 0 Å². The quantitative estimate of drug-likeness (QED) is 0.796. The standard InChI is InChI=1S/C14H15NO2S/c16-13(7-10-1-4-17-5-2-10)11-8-14-12(15-9-11)3-6-18-14/h3,6,8-10H,1-2,4-5,7H2. The van der Waals surface area contributed by atoms with Crippen molar-refractivity contribution in [1.29, 1.82) is 0 Å². The topological polar surface area (TPSA) is 39.2 Å². The van der Waals surface area contributed by atoms with E-state index in [1.807, 2.05) is 17.5 Å². The van der Waals surface area contributed by atoms with E-state index in [0.717, 1.165) is 41.8 Å². The van der Waals surface area contributed by atoms with Crippen molar-refractivity contribution in [3.05, 3.63) is 29.3 Å². The average molecular weight is 261 g/mol. The maximum atomic E-state index is 12.2. The van der Waals surface area contributed by atoms with Gasteiger partial charge in [-0.15, -0.1) is 11.3 Å². The van der Waals surface area contributed by atoms with Crippen LogP contribution in [0.2, 0.25) is 0 Å². The molecule has 0 bridgehead atoms. The van der Waals surface area contributed by atoms with E-state index in [-0.39, 0.29) is 5.78 Å². The molecule has 3 nitrogen and oxygen atoms in total. The molecule has 4 heteroatoms. The first-order chi connectivity index (χ1) is 8.83. The Hall–Kier alpha value is -1.26. The van der Waals surface area contributed by atoms with Crippen molar-refractivity contribution in [3.8, 4) is 0 Å². The molecule has 0 N–H and O–H groups in total. The lowest BCUT2D eigenvalue weighted by molar-refractivity contribution is 0.0601. The summed E-state index contributed by atoms with van der Waals surface area (Å²) in [5, 5.41) is 2.00. The predicted molar refractivity (Wildman–Crippen MR) is 72.1 cm³/mol. The second-order valence-electron chi connectivity index (χ2n) is 4.71. The summed E-state index contributed by atoms with van der Waals surface area (Å²) >= 11 is 1.63. The number of fused-ring (bicyclic) bond motifs is 1. The number of rotatable bonds is 3. The molecule has 0 spiro atoms. The van der Waals surface area contributed by atoms with Gasteiger partial charge in [0.25, 0.3) is 0 Å². The summed E-state index contributed by atoms with van der Waals surface area (Å²) in [6, 6.07) is 3.95. The summed E-state index contributed by atoms with van der Waals surface area (Å²) in [6.45, 7) is 1.58. The molecular formula is C14H15NO2S. The number of carbonyl (C=O) groups is 1. The number of hydrogen-bond acceptors (Lipinski definition) is 4. The van der Waals surface area contributed by atoms with E-state index in [9.17, 15) is 4.79 Å². The number of ether oxygens (including phenoxy) is 1. The Morgan fingerprint density at radius 3 is 3.11 bits per heavy atom. The van der Waals surface area contributed by atoms with Crippen LogP contribution in [0.15, 0.2) is 23.7 Å². The van der Waals surface area contributed by atoms with Gasteiger partial charge in [0.15, 0.2) is 5.78 Å². The molecule has 1 aliphatic rings. The van der Waals surface area contributed by atoms with Crippen LogP contribution in [0.5, 0.6) is 0 Å². The fourth-order valence-corrected chi connectivity index (χ4v) is 3.11. The van der Waals surface area contributed by atoms with Crippen molar-refractivity contribution >= 4 is 27.3 Å². The molecule has 1 fully saturated rings. The third-order valence-electron chi connectivity index (χ3n) is 3.44. The van der Waals surface area contributed by atoms with Gasteiger partial charge in [0.2, 0.25) is 0 Å². The molecular weight excluding hydrogens is 246 g/mol. The molecule has 0 aromatic carbocycles. The first-order valence-electron chi connectivity index (χ1n) is 6.27.